The van der Waals surface area contributed by atoms with Crippen molar-refractivity contribution >= 4 is 17.3 Å². The van der Waals surface area contributed by atoms with E-state index in [0.29, 0.717) is 12.4 Å². The maximum absolute atomic E-state index is 10.6. The molecule has 2 rings (SSSR count). The highest BCUT2D eigenvalue weighted by Gasteiger charge is 2.16. The summed E-state index contributed by atoms with van der Waals surface area (Å²) in [5.74, 6) is 0.528. The Morgan fingerprint density at radius 3 is 2.94 bits per heavy atom. The second-order valence-electron chi connectivity index (χ2n) is 4.17. The first-order valence-electron chi connectivity index (χ1n) is 5.85. The number of nitro groups is 1. The normalized spacial score (nSPS) is 19.5. The first kappa shape index (κ1) is 13.1. The Morgan fingerprint density at radius 2 is 2.33 bits per heavy atom. The molecule has 1 aromatic carbocycles. The number of nitro benzene ring substituents is 1. The fourth-order valence-electron chi connectivity index (χ4n) is 1.85. The highest BCUT2D eigenvalue weighted by molar-refractivity contribution is 6.32. The van der Waals surface area contributed by atoms with E-state index in [2.05, 4.69) is 0 Å². The summed E-state index contributed by atoms with van der Waals surface area (Å²) in [6, 6.07) is 4.36. The molecule has 0 N–H and O–H groups in total. The fourth-order valence-corrected chi connectivity index (χ4v) is 2.09. The minimum atomic E-state index is -0.518. The van der Waals surface area contributed by atoms with Gasteiger partial charge in [0.05, 0.1) is 11.0 Å². The van der Waals surface area contributed by atoms with Crippen LogP contribution in [0.1, 0.15) is 19.3 Å². The van der Waals surface area contributed by atoms with E-state index in [0.717, 1.165) is 25.9 Å². The lowest BCUT2D eigenvalue weighted by Crippen LogP contribution is -2.25. The van der Waals surface area contributed by atoms with Crippen LogP contribution in [0.15, 0.2) is 18.2 Å². The van der Waals surface area contributed by atoms with Crippen LogP contribution in [-0.4, -0.2) is 24.2 Å². The molecule has 1 fully saturated rings. The average Bonchev–Trinajstić information content (AvgIpc) is 2.37. The van der Waals surface area contributed by atoms with Crippen molar-refractivity contribution in [2.24, 2.45) is 0 Å². The molecule has 6 heteroatoms. The number of benzene rings is 1. The number of hydrogen-bond donors (Lipinski definition) is 0. The molecule has 1 aromatic rings. The molecule has 98 valence electrons. The van der Waals surface area contributed by atoms with Crippen LogP contribution in [0.25, 0.3) is 0 Å². The Labute approximate surface area is 110 Å². The minimum absolute atomic E-state index is 0.0852. The van der Waals surface area contributed by atoms with E-state index in [9.17, 15) is 10.1 Å². The van der Waals surface area contributed by atoms with Gasteiger partial charge in [-0.1, -0.05) is 11.6 Å². The fraction of sp³-hybridized carbons (Fsp3) is 0.500. The summed E-state index contributed by atoms with van der Waals surface area (Å²) in [6.07, 6.45) is 3.34. The SMILES string of the molecule is O=[N+]([O-])c1ccc(OCC2CCCCO2)cc1Cl. The molecule has 0 saturated carbocycles. The summed E-state index contributed by atoms with van der Waals surface area (Å²) in [5, 5.41) is 10.7. The number of halogens is 1. The molecule has 1 heterocycles. The highest BCUT2D eigenvalue weighted by atomic mass is 35.5. The maximum atomic E-state index is 10.6. The number of hydrogen-bond acceptors (Lipinski definition) is 4. The van der Waals surface area contributed by atoms with Crippen LogP contribution >= 0.6 is 11.6 Å². The summed E-state index contributed by atoms with van der Waals surface area (Å²) >= 11 is 5.79. The van der Waals surface area contributed by atoms with Crippen LogP contribution in [-0.2, 0) is 4.74 Å². The third-order valence-corrected chi connectivity index (χ3v) is 3.13. The minimum Gasteiger partial charge on any atom is -0.491 e. The van der Waals surface area contributed by atoms with E-state index in [1.54, 1.807) is 6.07 Å². The van der Waals surface area contributed by atoms with E-state index in [4.69, 9.17) is 21.1 Å². The van der Waals surface area contributed by atoms with Gasteiger partial charge in [0.15, 0.2) is 0 Å². The van der Waals surface area contributed by atoms with E-state index < -0.39 is 4.92 Å². The zero-order chi connectivity index (χ0) is 13.0. The molecule has 0 aromatic heterocycles. The van der Waals surface area contributed by atoms with Crippen molar-refractivity contribution in [2.75, 3.05) is 13.2 Å². The summed E-state index contributed by atoms with van der Waals surface area (Å²) in [5.41, 5.74) is -0.113. The highest BCUT2D eigenvalue weighted by Crippen LogP contribution is 2.28. The van der Waals surface area contributed by atoms with Gasteiger partial charge in [0.25, 0.3) is 5.69 Å². The predicted molar refractivity (Wildman–Crippen MR) is 67.2 cm³/mol. The van der Waals surface area contributed by atoms with E-state index in [1.165, 1.54) is 12.1 Å². The smallest absolute Gasteiger partial charge is 0.288 e. The lowest BCUT2D eigenvalue weighted by molar-refractivity contribution is -0.384. The van der Waals surface area contributed by atoms with Gasteiger partial charge in [0.1, 0.15) is 17.4 Å². The van der Waals surface area contributed by atoms with Gasteiger partial charge < -0.3 is 9.47 Å². The van der Waals surface area contributed by atoms with Crippen LogP contribution in [0.2, 0.25) is 5.02 Å². The van der Waals surface area contributed by atoms with Gasteiger partial charge in [0.2, 0.25) is 0 Å². The van der Waals surface area contributed by atoms with Gasteiger partial charge in [-0.15, -0.1) is 0 Å². The molecular formula is C12H14ClNO4. The van der Waals surface area contributed by atoms with Gasteiger partial charge in [-0.2, -0.15) is 0 Å². The second-order valence-corrected chi connectivity index (χ2v) is 4.58. The second kappa shape index (κ2) is 6.02. The molecule has 18 heavy (non-hydrogen) atoms. The summed E-state index contributed by atoms with van der Waals surface area (Å²) in [7, 11) is 0. The lowest BCUT2D eigenvalue weighted by Gasteiger charge is -2.22. The average molecular weight is 272 g/mol. The summed E-state index contributed by atoms with van der Waals surface area (Å²) < 4.78 is 11.1. The Bertz CT molecular complexity index is 432. The third-order valence-electron chi connectivity index (χ3n) is 2.83. The molecule has 0 aliphatic carbocycles. The van der Waals surface area contributed by atoms with E-state index in [1.807, 2.05) is 0 Å². The molecule has 1 saturated heterocycles. The van der Waals surface area contributed by atoms with Crippen LogP contribution < -0.4 is 4.74 Å². The quantitative estimate of drug-likeness (QED) is 0.623. The van der Waals surface area contributed by atoms with Crippen LogP contribution in [0.5, 0.6) is 5.75 Å². The summed E-state index contributed by atoms with van der Waals surface area (Å²) in [4.78, 5) is 10.1. The molecular weight excluding hydrogens is 258 g/mol. The maximum Gasteiger partial charge on any atom is 0.288 e. The standard InChI is InChI=1S/C12H14ClNO4/c13-11-7-9(4-5-12(11)14(15)16)18-8-10-3-1-2-6-17-10/h4-5,7,10H,1-3,6,8H2. The van der Waals surface area contributed by atoms with Crippen LogP contribution in [0.3, 0.4) is 0 Å². The largest absolute Gasteiger partial charge is 0.491 e. The Morgan fingerprint density at radius 1 is 1.50 bits per heavy atom. The Balaban J connectivity index is 1.93. The molecule has 1 atom stereocenters. The van der Waals surface area contributed by atoms with Crippen LogP contribution in [0.4, 0.5) is 5.69 Å². The van der Waals surface area contributed by atoms with Crippen molar-refractivity contribution in [2.45, 2.75) is 25.4 Å². The third kappa shape index (κ3) is 3.34. The molecule has 0 radical (unpaired) electrons. The number of rotatable bonds is 4. The molecule has 1 unspecified atom stereocenters. The van der Waals surface area contributed by atoms with Crippen molar-refractivity contribution in [3.63, 3.8) is 0 Å². The van der Waals surface area contributed by atoms with Gasteiger partial charge in [-0.05, 0) is 25.3 Å². The van der Waals surface area contributed by atoms with Crippen molar-refractivity contribution < 1.29 is 14.4 Å². The molecule has 0 spiro atoms. The van der Waals surface area contributed by atoms with E-state index in [-0.39, 0.29) is 16.8 Å². The topological polar surface area (TPSA) is 61.6 Å². The van der Waals surface area contributed by atoms with E-state index >= 15 is 0 Å². The Hall–Kier alpha value is -1.33. The molecule has 1 aliphatic heterocycles. The predicted octanol–water partition coefficient (Wildman–Crippen LogP) is 3.20. The van der Waals surface area contributed by atoms with Gasteiger partial charge >= 0.3 is 0 Å². The zero-order valence-electron chi connectivity index (χ0n) is 9.80. The van der Waals surface area contributed by atoms with Crippen molar-refractivity contribution in [3.8, 4) is 5.75 Å². The number of nitrogens with zero attached hydrogens (tertiary/aromatic N) is 1. The molecule has 0 amide bonds. The van der Waals surface area contributed by atoms with Crippen molar-refractivity contribution in [1.82, 2.24) is 0 Å². The first-order valence-corrected chi connectivity index (χ1v) is 6.23. The zero-order valence-corrected chi connectivity index (χ0v) is 10.6. The molecule has 1 aliphatic rings. The monoisotopic (exact) mass is 271 g/mol. The lowest BCUT2D eigenvalue weighted by atomic mass is 10.1. The first-order chi connectivity index (χ1) is 8.66. The van der Waals surface area contributed by atoms with Crippen LogP contribution in [0, 0.1) is 10.1 Å². The van der Waals surface area contributed by atoms with Crippen molar-refractivity contribution in [1.29, 1.82) is 0 Å². The Kier molecular flexibility index (Phi) is 4.38. The van der Waals surface area contributed by atoms with Crippen molar-refractivity contribution in [3.05, 3.63) is 33.3 Å². The number of ether oxygens (including phenoxy) is 2. The summed E-state index contributed by atoms with van der Waals surface area (Å²) in [6.45, 7) is 1.23. The van der Waals surface area contributed by atoms with Gasteiger partial charge in [0, 0.05) is 18.7 Å². The molecule has 5 nitrogen and oxygen atoms in total. The molecule has 0 bridgehead atoms. The van der Waals surface area contributed by atoms with Gasteiger partial charge in [-0.25, -0.2) is 0 Å². The van der Waals surface area contributed by atoms with Gasteiger partial charge in [-0.3, -0.25) is 10.1 Å².